The van der Waals surface area contributed by atoms with Crippen LogP contribution in [0.25, 0.3) is 10.9 Å². The molecule has 2 aromatic heterocycles. The van der Waals surface area contributed by atoms with E-state index in [2.05, 4.69) is 9.97 Å². The average Bonchev–Trinajstić information content (AvgIpc) is 2.17. The summed E-state index contributed by atoms with van der Waals surface area (Å²) in [4.78, 5) is 8.18. The Bertz CT molecular complexity index is 472. The molecular weight excluding hydrogens is 188 g/mol. The highest BCUT2D eigenvalue weighted by Crippen LogP contribution is 2.12. The molecule has 0 amide bonds. The monoisotopic (exact) mass is 194 g/mol. The lowest BCUT2D eigenvalue weighted by molar-refractivity contribution is 0.564. The van der Waals surface area contributed by atoms with Gasteiger partial charge in [0.05, 0.1) is 16.6 Å². The Kier molecular flexibility index (Phi) is 2.03. The minimum absolute atomic E-state index is 0.304. The zero-order valence-corrected chi connectivity index (χ0v) is 7.36. The molecule has 0 aliphatic carbocycles. The molecule has 2 rings (SSSR count). The SMILES string of the molecule is O=S(O)c1cnc2cnccc2c1. The first-order valence-electron chi connectivity index (χ1n) is 3.58. The molecule has 0 saturated carbocycles. The number of fused-ring (bicyclic) bond motifs is 1. The Morgan fingerprint density at radius 1 is 1.38 bits per heavy atom. The van der Waals surface area contributed by atoms with Gasteiger partial charge >= 0.3 is 0 Å². The first-order chi connectivity index (χ1) is 6.27. The molecule has 1 unspecified atom stereocenters. The van der Waals surface area contributed by atoms with E-state index in [1.165, 1.54) is 6.20 Å². The summed E-state index contributed by atoms with van der Waals surface area (Å²) in [5.41, 5.74) is 0.719. The molecule has 4 nitrogen and oxygen atoms in total. The maximum absolute atomic E-state index is 10.7. The number of aromatic nitrogens is 2. The van der Waals surface area contributed by atoms with Gasteiger partial charge in [0.15, 0.2) is 11.1 Å². The fraction of sp³-hybridized carbons (Fsp3) is 0. The van der Waals surface area contributed by atoms with E-state index in [9.17, 15) is 4.21 Å². The molecule has 1 N–H and O–H groups in total. The van der Waals surface area contributed by atoms with Crippen molar-refractivity contribution in [2.45, 2.75) is 4.90 Å². The molecule has 0 aliphatic rings. The average molecular weight is 194 g/mol. The predicted molar refractivity (Wildman–Crippen MR) is 48.6 cm³/mol. The van der Waals surface area contributed by atoms with Crippen molar-refractivity contribution < 1.29 is 8.76 Å². The standard InChI is InChI=1S/C8H6N2O2S/c11-13(12)7-3-6-1-2-9-5-8(6)10-4-7/h1-5H,(H,11,12). The van der Waals surface area contributed by atoms with Gasteiger partial charge in [-0.05, 0) is 12.1 Å². The quantitative estimate of drug-likeness (QED) is 0.693. The van der Waals surface area contributed by atoms with Gasteiger partial charge in [-0.15, -0.1) is 0 Å². The van der Waals surface area contributed by atoms with E-state index in [0.29, 0.717) is 4.90 Å². The van der Waals surface area contributed by atoms with E-state index in [-0.39, 0.29) is 0 Å². The lowest BCUT2D eigenvalue weighted by Gasteiger charge is -1.97. The molecule has 0 aliphatic heterocycles. The summed E-state index contributed by atoms with van der Waals surface area (Å²) < 4.78 is 19.5. The number of pyridine rings is 2. The van der Waals surface area contributed by atoms with Gasteiger partial charge in [0.1, 0.15) is 0 Å². The summed E-state index contributed by atoms with van der Waals surface area (Å²) in [6.45, 7) is 0. The van der Waals surface area contributed by atoms with Crippen LogP contribution in [0.5, 0.6) is 0 Å². The van der Waals surface area contributed by atoms with Gasteiger partial charge in [0.25, 0.3) is 0 Å². The normalized spacial score (nSPS) is 13.0. The molecule has 0 saturated heterocycles. The maximum atomic E-state index is 10.7. The molecule has 0 spiro atoms. The molecule has 2 aromatic rings. The zero-order valence-electron chi connectivity index (χ0n) is 6.54. The highest BCUT2D eigenvalue weighted by atomic mass is 32.2. The van der Waals surface area contributed by atoms with Crippen LogP contribution in [0.1, 0.15) is 0 Å². The fourth-order valence-electron chi connectivity index (χ4n) is 1.05. The van der Waals surface area contributed by atoms with Gasteiger partial charge in [-0.1, -0.05) is 0 Å². The Labute approximate surface area is 76.9 Å². The molecule has 66 valence electrons. The van der Waals surface area contributed by atoms with Crippen LogP contribution in [0.2, 0.25) is 0 Å². The van der Waals surface area contributed by atoms with Gasteiger partial charge in [-0.3, -0.25) is 9.97 Å². The molecule has 0 bridgehead atoms. The van der Waals surface area contributed by atoms with E-state index in [1.807, 2.05) is 0 Å². The Morgan fingerprint density at radius 2 is 2.23 bits per heavy atom. The first kappa shape index (κ1) is 8.28. The number of hydrogen-bond acceptors (Lipinski definition) is 3. The summed E-state index contributed by atoms with van der Waals surface area (Å²) in [5.74, 6) is 0. The molecule has 0 fully saturated rings. The highest BCUT2D eigenvalue weighted by Gasteiger charge is 2.01. The van der Waals surface area contributed by atoms with E-state index in [0.717, 1.165) is 10.9 Å². The smallest absolute Gasteiger partial charge is 0.188 e. The number of rotatable bonds is 1. The first-order valence-corrected chi connectivity index (χ1v) is 4.69. The van der Waals surface area contributed by atoms with Crippen LogP contribution >= 0.6 is 0 Å². The van der Waals surface area contributed by atoms with Crippen molar-refractivity contribution in [1.29, 1.82) is 0 Å². The van der Waals surface area contributed by atoms with E-state index in [1.54, 1.807) is 24.5 Å². The topological polar surface area (TPSA) is 63.1 Å². The minimum atomic E-state index is -1.97. The second-order valence-corrected chi connectivity index (χ2v) is 3.46. The minimum Gasteiger partial charge on any atom is -0.302 e. The molecule has 5 heteroatoms. The largest absolute Gasteiger partial charge is 0.302 e. The van der Waals surface area contributed by atoms with Gasteiger partial charge in [-0.2, -0.15) is 0 Å². The van der Waals surface area contributed by atoms with E-state index >= 15 is 0 Å². The van der Waals surface area contributed by atoms with Crippen molar-refractivity contribution in [2.75, 3.05) is 0 Å². The second kappa shape index (κ2) is 3.20. The van der Waals surface area contributed by atoms with Crippen molar-refractivity contribution in [1.82, 2.24) is 9.97 Å². The number of nitrogens with zero attached hydrogens (tertiary/aromatic N) is 2. The molecule has 0 radical (unpaired) electrons. The van der Waals surface area contributed by atoms with Crippen LogP contribution in [0.3, 0.4) is 0 Å². The lowest BCUT2D eigenvalue weighted by Crippen LogP contribution is -1.90. The fourth-order valence-corrected chi connectivity index (χ4v) is 1.42. The lowest BCUT2D eigenvalue weighted by atomic mass is 10.3. The van der Waals surface area contributed by atoms with Gasteiger partial charge in [0, 0.05) is 17.8 Å². The molecule has 13 heavy (non-hydrogen) atoms. The van der Waals surface area contributed by atoms with Gasteiger partial charge in [0.2, 0.25) is 0 Å². The Hall–Kier alpha value is -1.33. The van der Waals surface area contributed by atoms with Gasteiger partial charge in [-0.25, -0.2) is 4.21 Å². The summed E-state index contributed by atoms with van der Waals surface area (Å²) in [6, 6.07) is 3.37. The van der Waals surface area contributed by atoms with E-state index < -0.39 is 11.1 Å². The van der Waals surface area contributed by atoms with Gasteiger partial charge < -0.3 is 4.55 Å². The molecular formula is C8H6N2O2S. The molecule has 2 heterocycles. The van der Waals surface area contributed by atoms with Crippen molar-refractivity contribution in [3.8, 4) is 0 Å². The van der Waals surface area contributed by atoms with Crippen LogP contribution in [0, 0.1) is 0 Å². The van der Waals surface area contributed by atoms with Crippen LogP contribution in [-0.2, 0) is 11.1 Å². The van der Waals surface area contributed by atoms with Crippen LogP contribution in [0.15, 0.2) is 35.6 Å². The van der Waals surface area contributed by atoms with Crippen molar-refractivity contribution in [2.24, 2.45) is 0 Å². The van der Waals surface area contributed by atoms with E-state index in [4.69, 9.17) is 4.55 Å². The third-order valence-corrected chi connectivity index (χ3v) is 2.29. The van der Waals surface area contributed by atoms with Crippen molar-refractivity contribution in [3.63, 3.8) is 0 Å². The number of hydrogen-bond donors (Lipinski definition) is 1. The third-order valence-electron chi connectivity index (χ3n) is 1.66. The highest BCUT2D eigenvalue weighted by molar-refractivity contribution is 7.79. The Morgan fingerprint density at radius 3 is 3.00 bits per heavy atom. The summed E-state index contributed by atoms with van der Waals surface area (Å²) in [7, 11) is 0. The third kappa shape index (κ3) is 1.56. The predicted octanol–water partition coefficient (Wildman–Crippen LogP) is 1.21. The zero-order chi connectivity index (χ0) is 9.26. The van der Waals surface area contributed by atoms with Crippen molar-refractivity contribution in [3.05, 3.63) is 30.7 Å². The van der Waals surface area contributed by atoms with Crippen LogP contribution in [0.4, 0.5) is 0 Å². The summed E-state index contributed by atoms with van der Waals surface area (Å²) >= 11 is -1.97. The Balaban J connectivity index is 2.69. The van der Waals surface area contributed by atoms with Crippen LogP contribution < -0.4 is 0 Å². The summed E-state index contributed by atoms with van der Waals surface area (Å²) in [5, 5.41) is 0.815. The second-order valence-electron chi connectivity index (χ2n) is 2.49. The van der Waals surface area contributed by atoms with Crippen molar-refractivity contribution >= 4 is 22.0 Å². The maximum Gasteiger partial charge on any atom is 0.188 e. The molecule has 1 atom stereocenters. The summed E-state index contributed by atoms with van der Waals surface area (Å²) in [6.07, 6.45) is 4.60. The van der Waals surface area contributed by atoms with Crippen LogP contribution in [-0.4, -0.2) is 18.7 Å². The molecule has 0 aromatic carbocycles.